The van der Waals surface area contributed by atoms with Crippen molar-refractivity contribution < 1.29 is 0 Å². The Morgan fingerprint density at radius 1 is 1.14 bits per heavy atom. The molecule has 1 atom stereocenters. The molecular formula is C23H21N5. The minimum atomic E-state index is 0.142. The van der Waals surface area contributed by atoms with Crippen LogP contribution in [0.1, 0.15) is 37.4 Å². The van der Waals surface area contributed by atoms with Crippen LogP contribution in [0.4, 0.5) is 5.82 Å². The highest BCUT2D eigenvalue weighted by Crippen LogP contribution is 2.24. The largest absolute Gasteiger partial charge is 0.363 e. The zero-order valence-corrected chi connectivity index (χ0v) is 15.9. The van der Waals surface area contributed by atoms with E-state index in [-0.39, 0.29) is 6.04 Å². The number of hydrogen-bond acceptors (Lipinski definition) is 4. The van der Waals surface area contributed by atoms with Gasteiger partial charge in [-0.1, -0.05) is 49.1 Å². The molecule has 0 radical (unpaired) electrons. The molecule has 0 bridgehead atoms. The first-order valence-electron chi connectivity index (χ1n) is 9.36. The van der Waals surface area contributed by atoms with Crippen molar-refractivity contribution in [3.63, 3.8) is 0 Å². The number of aromatic nitrogens is 4. The van der Waals surface area contributed by atoms with Gasteiger partial charge < -0.3 is 5.32 Å². The minimum Gasteiger partial charge on any atom is -0.363 e. The number of fused-ring (bicyclic) bond motifs is 1. The summed E-state index contributed by atoms with van der Waals surface area (Å²) in [7, 11) is 0. The van der Waals surface area contributed by atoms with Crippen LogP contribution in [0, 0.1) is 11.8 Å². The van der Waals surface area contributed by atoms with Crippen molar-refractivity contribution >= 4 is 11.3 Å². The summed E-state index contributed by atoms with van der Waals surface area (Å²) in [6.07, 6.45) is 6.31. The second-order valence-corrected chi connectivity index (χ2v) is 6.50. The number of hydrogen-bond donors (Lipinski definition) is 1. The van der Waals surface area contributed by atoms with E-state index in [0.717, 1.165) is 28.9 Å². The molecule has 1 aromatic carbocycles. The van der Waals surface area contributed by atoms with Crippen LogP contribution < -0.4 is 5.32 Å². The molecule has 0 amide bonds. The smallest absolute Gasteiger partial charge is 0.165 e. The average molecular weight is 367 g/mol. The van der Waals surface area contributed by atoms with E-state index in [1.54, 1.807) is 12.4 Å². The molecule has 0 fully saturated rings. The highest BCUT2D eigenvalue weighted by Gasteiger charge is 2.12. The Bertz CT molecular complexity index is 1150. The summed E-state index contributed by atoms with van der Waals surface area (Å²) in [6, 6.07) is 16.3. The van der Waals surface area contributed by atoms with E-state index in [9.17, 15) is 0 Å². The number of pyridine rings is 1. The monoisotopic (exact) mass is 367 g/mol. The molecule has 4 rings (SSSR count). The van der Waals surface area contributed by atoms with Gasteiger partial charge in [-0.2, -0.15) is 5.10 Å². The Hall–Kier alpha value is -3.65. The molecule has 1 N–H and O–H groups in total. The Labute approximate surface area is 164 Å². The van der Waals surface area contributed by atoms with Crippen LogP contribution in [0.2, 0.25) is 0 Å². The fourth-order valence-corrected chi connectivity index (χ4v) is 3.04. The highest BCUT2D eigenvalue weighted by atomic mass is 15.2. The van der Waals surface area contributed by atoms with Gasteiger partial charge in [-0.3, -0.25) is 0 Å². The normalized spacial score (nSPS) is 11.6. The lowest BCUT2D eigenvalue weighted by Crippen LogP contribution is -2.08. The number of anilines is 1. The lowest BCUT2D eigenvalue weighted by Gasteiger charge is -2.15. The molecule has 5 nitrogen and oxygen atoms in total. The topological polar surface area (TPSA) is 55.1 Å². The van der Waals surface area contributed by atoms with E-state index < -0.39 is 0 Å². The summed E-state index contributed by atoms with van der Waals surface area (Å²) in [6.45, 7) is 4.16. The fraction of sp³-hybridized carbons (Fsp3) is 0.174. The SMILES string of the molecule is CCC#Cc1ccn2ncc(-c3nccc(NC(C)c4ccccc4)n3)c2c1. The fourth-order valence-electron chi connectivity index (χ4n) is 3.04. The van der Waals surface area contributed by atoms with Crippen molar-refractivity contribution in [1.82, 2.24) is 19.6 Å². The predicted octanol–water partition coefficient (Wildman–Crippen LogP) is 4.73. The zero-order chi connectivity index (χ0) is 19.3. The van der Waals surface area contributed by atoms with E-state index >= 15 is 0 Å². The van der Waals surface area contributed by atoms with Crippen molar-refractivity contribution in [2.24, 2.45) is 0 Å². The summed E-state index contributed by atoms with van der Waals surface area (Å²) >= 11 is 0. The predicted molar refractivity (Wildman–Crippen MR) is 112 cm³/mol. The third-order valence-electron chi connectivity index (χ3n) is 4.49. The standard InChI is InChI=1S/C23H21N5/c1-3-4-8-18-12-14-28-21(15-18)20(16-25-28)23-24-13-11-22(27-23)26-17(2)19-9-6-5-7-10-19/h5-7,9-17H,3H2,1-2H3,(H,24,26,27). The Morgan fingerprint density at radius 3 is 2.82 bits per heavy atom. The van der Waals surface area contributed by atoms with Crippen LogP contribution in [0.5, 0.6) is 0 Å². The minimum absolute atomic E-state index is 0.142. The van der Waals surface area contributed by atoms with Crippen LogP contribution in [0.25, 0.3) is 16.9 Å². The van der Waals surface area contributed by atoms with Gasteiger partial charge in [0.05, 0.1) is 17.3 Å². The quantitative estimate of drug-likeness (QED) is 0.530. The Kier molecular flexibility index (Phi) is 5.03. The molecular weight excluding hydrogens is 346 g/mol. The van der Waals surface area contributed by atoms with E-state index in [4.69, 9.17) is 4.98 Å². The average Bonchev–Trinajstić information content (AvgIpc) is 3.16. The van der Waals surface area contributed by atoms with E-state index in [0.29, 0.717) is 5.82 Å². The molecule has 3 aromatic heterocycles. The van der Waals surface area contributed by atoms with Crippen LogP contribution in [-0.4, -0.2) is 19.6 Å². The van der Waals surface area contributed by atoms with Gasteiger partial charge in [0.25, 0.3) is 0 Å². The first kappa shape index (κ1) is 17.7. The van der Waals surface area contributed by atoms with Gasteiger partial charge in [-0.25, -0.2) is 14.5 Å². The van der Waals surface area contributed by atoms with Gasteiger partial charge in [-0.15, -0.1) is 0 Å². The molecule has 0 aliphatic heterocycles. The maximum atomic E-state index is 4.71. The molecule has 138 valence electrons. The third kappa shape index (κ3) is 3.72. The molecule has 0 saturated carbocycles. The van der Waals surface area contributed by atoms with Crippen molar-refractivity contribution in [2.45, 2.75) is 26.3 Å². The molecule has 28 heavy (non-hydrogen) atoms. The summed E-state index contributed by atoms with van der Waals surface area (Å²) in [5, 5.41) is 7.87. The maximum Gasteiger partial charge on any atom is 0.165 e. The van der Waals surface area contributed by atoms with Gasteiger partial charge in [0.15, 0.2) is 5.82 Å². The van der Waals surface area contributed by atoms with Crippen LogP contribution in [0.15, 0.2) is 67.1 Å². The van der Waals surface area contributed by atoms with Gasteiger partial charge >= 0.3 is 0 Å². The number of nitrogens with zero attached hydrogens (tertiary/aromatic N) is 4. The molecule has 1 unspecified atom stereocenters. The van der Waals surface area contributed by atoms with Gasteiger partial charge in [0.2, 0.25) is 0 Å². The number of benzene rings is 1. The van der Waals surface area contributed by atoms with Crippen molar-refractivity contribution in [2.75, 3.05) is 5.32 Å². The number of nitrogens with one attached hydrogen (secondary N) is 1. The molecule has 0 saturated heterocycles. The second kappa shape index (κ2) is 7.93. The first-order valence-corrected chi connectivity index (χ1v) is 9.36. The molecule has 3 heterocycles. The Morgan fingerprint density at radius 2 is 2.00 bits per heavy atom. The summed E-state index contributed by atoms with van der Waals surface area (Å²) in [5.74, 6) is 7.69. The molecule has 0 aliphatic rings. The molecule has 5 heteroatoms. The molecule has 0 aliphatic carbocycles. The van der Waals surface area contributed by atoms with E-state index in [1.165, 1.54) is 5.56 Å². The van der Waals surface area contributed by atoms with Gasteiger partial charge in [0, 0.05) is 30.4 Å². The van der Waals surface area contributed by atoms with Crippen molar-refractivity contribution in [1.29, 1.82) is 0 Å². The van der Waals surface area contributed by atoms with Crippen molar-refractivity contribution in [3.8, 4) is 23.2 Å². The molecule has 4 aromatic rings. The summed E-state index contributed by atoms with van der Waals surface area (Å²) in [4.78, 5) is 9.17. The van der Waals surface area contributed by atoms with Gasteiger partial charge in [0.1, 0.15) is 5.82 Å². The highest BCUT2D eigenvalue weighted by molar-refractivity contribution is 5.77. The van der Waals surface area contributed by atoms with Crippen LogP contribution in [0.3, 0.4) is 0 Å². The van der Waals surface area contributed by atoms with E-state index in [1.807, 2.05) is 54.0 Å². The second-order valence-electron chi connectivity index (χ2n) is 6.50. The van der Waals surface area contributed by atoms with Crippen molar-refractivity contribution in [3.05, 3.63) is 78.2 Å². The summed E-state index contributed by atoms with van der Waals surface area (Å²) < 4.78 is 1.82. The lowest BCUT2D eigenvalue weighted by atomic mass is 10.1. The van der Waals surface area contributed by atoms with E-state index in [2.05, 4.69) is 46.3 Å². The number of rotatable bonds is 4. The zero-order valence-electron chi connectivity index (χ0n) is 15.9. The lowest BCUT2D eigenvalue weighted by molar-refractivity contribution is 0.873. The van der Waals surface area contributed by atoms with Crippen LogP contribution >= 0.6 is 0 Å². The van der Waals surface area contributed by atoms with Gasteiger partial charge in [-0.05, 0) is 30.7 Å². The summed E-state index contributed by atoms with van der Waals surface area (Å²) in [5.41, 5.74) is 3.99. The maximum absolute atomic E-state index is 4.71. The first-order chi connectivity index (χ1) is 13.7. The molecule has 0 spiro atoms. The van der Waals surface area contributed by atoms with Crippen LogP contribution in [-0.2, 0) is 0 Å². The Balaban J connectivity index is 1.66. The third-order valence-corrected chi connectivity index (χ3v) is 4.49.